The molecule has 1 unspecified atom stereocenters. The second kappa shape index (κ2) is 11.0. The van der Waals surface area contributed by atoms with Gasteiger partial charge in [-0.3, -0.25) is 14.9 Å². The van der Waals surface area contributed by atoms with Crippen LogP contribution in [0, 0.1) is 18.4 Å². The number of aryl methyl sites for hydroxylation is 1. The number of nitrogens with zero attached hydrogens (tertiary/aromatic N) is 4. The van der Waals surface area contributed by atoms with Crippen molar-refractivity contribution in [3.63, 3.8) is 0 Å². The lowest BCUT2D eigenvalue weighted by atomic mass is 10.1. The van der Waals surface area contributed by atoms with Crippen molar-refractivity contribution in [2.75, 3.05) is 26.0 Å². The van der Waals surface area contributed by atoms with Crippen LogP contribution in [-0.4, -0.2) is 54.3 Å². The maximum atomic E-state index is 13.4. The van der Waals surface area contributed by atoms with Crippen LogP contribution in [0.2, 0.25) is 0 Å². The lowest BCUT2D eigenvalue weighted by Gasteiger charge is -2.23. The summed E-state index contributed by atoms with van der Waals surface area (Å²) in [5, 5.41) is 15.9. The lowest BCUT2D eigenvalue weighted by molar-refractivity contribution is -0.132. The van der Waals surface area contributed by atoms with Gasteiger partial charge in [-0.25, -0.2) is 4.99 Å². The van der Waals surface area contributed by atoms with E-state index < -0.39 is 6.04 Å². The quantitative estimate of drug-likeness (QED) is 0.245. The van der Waals surface area contributed by atoms with Crippen LogP contribution in [0.15, 0.2) is 57.9 Å². The molecular formula is C27H30N6O3. The van der Waals surface area contributed by atoms with Crippen LogP contribution in [0.1, 0.15) is 40.9 Å². The van der Waals surface area contributed by atoms with E-state index in [2.05, 4.69) is 15.6 Å². The van der Waals surface area contributed by atoms with E-state index in [1.807, 2.05) is 55.6 Å². The van der Waals surface area contributed by atoms with Crippen molar-refractivity contribution in [1.29, 1.82) is 5.26 Å². The van der Waals surface area contributed by atoms with Crippen molar-refractivity contribution >= 4 is 34.4 Å². The molecule has 1 aliphatic rings. The average Bonchev–Trinajstić information content (AvgIpc) is 3.14. The number of hydrogen-bond acceptors (Lipinski definition) is 5. The number of aliphatic imine (C=N–C) groups is 1. The number of nitriles is 1. The van der Waals surface area contributed by atoms with E-state index in [0.29, 0.717) is 25.1 Å². The first-order valence-electron chi connectivity index (χ1n) is 11.9. The van der Waals surface area contributed by atoms with E-state index >= 15 is 0 Å². The molecule has 2 heterocycles. The highest BCUT2D eigenvalue weighted by Crippen LogP contribution is 2.23. The summed E-state index contributed by atoms with van der Waals surface area (Å²) in [6.45, 7) is 2.89. The predicted molar refractivity (Wildman–Crippen MR) is 138 cm³/mol. The van der Waals surface area contributed by atoms with Crippen molar-refractivity contribution < 1.29 is 14.0 Å². The molecule has 2 N–H and O–H groups in total. The van der Waals surface area contributed by atoms with Crippen molar-refractivity contribution in [1.82, 2.24) is 15.1 Å². The molecule has 4 rings (SSSR count). The average molecular weight is 487 g/mol. The lowest BCUT2D eigenvalue weighted by Crippen LogP contribution is -2.38. The number of hydrogen-bond donors (Lipinski definition) is 2. The molecule has 1 fully saturated rings. The number of anilines is 1. The zero-order valence-corrected chi connectivity index (χ0v) is 20.7. The molecule has 3 aromatic rings. The fourth-order valence-corrected chi connectivity index (χ4v) is 4.34. The number of fused-ring (bicyclic) bond motifs is 1. The number of nitrogens with one attached hydrogen (secondary N) is 2. The van der Waals surface area contributed by atoms with E-state index in [-0.39, 0.29) is 17.8 Å². The Hall–Kier alpha value is -4.32. The molecule has 0 radical (unpaired) electrons. The van der Waals surface area contributed by atoms with Crippen molar-refractivity contribution in [3.05, 3.63) is 65.4 Å². The summed E-state index contributed by atoms with van der Waals surface area (Å²) in [6, 6.07) is 14.3. The molecule has 1 atom stereocenters. The van der Waals surface area contributed by atoms with E-state index in [4.69, 9.17) is 4.42 Å². The maximum absolute atomic E-state index is 13.4. The summed E-state index contributed by atoms with van der Waals surface area (Å²) in [5.74, 6) is 0.850. The van der Waals surface area contributed by atoms with Gasteiger partial charge in [0.1, 0.15) is 17.4 Å². The van der Waals surface area contributed by atoms with Gasteiger partial charge in [-0.2, -0.15) is 5.26 Å². The van der Waals surface area contributed by atoms with Gasteiger partial charge in [0.05, 0.1) is 0 Å². The van der Waals surface area contributed by atoms with Crippen LogP contribution in [0.25, 0.3) is 11.0 Å². The molecule has 2 amide bonds. The van der Waals surface area contributed by atoms with Gasteiger partial charge in [-0.1, -0.05) is 12.1 Å². The van der Waals surface area contributed by atoms with Gasteiger partial charge < -0.3 is 19.5 Å². The summed E-state index contributed by atoms with van der Waals surface area (Å²) in [4.78, 5) is 33.7. The number of amides is 2. The Morgan fingerprint density at radius 2 is 2.06 bits per heavy atom. The number of benzene rings is 2. The maximum Gasteiger partial charge on any atom is 0.253 e. The third-order valence-corrected chi connectivity index (χ3v) is 6.07. The summed E-state index contributed by atoms with van der Waals surface area (Å²) >= 11 is 0. The van der Waals surface area contributed by atoms with Crippen molar-refractivity contribution in [3.8, 4) is 6.19 Å². The van der Waals surface area contributed by atoms with Crippen LogP contribution >= 0.6 is 0 Å². The van der Waals surface area contributed by atoms with Gasteiger partial charge in [0.15, 0.2) is 6.19 Å². The Balaban J connectivity index is 1.52. The molecule has 0 saturated carbocycles. The molecule has 0 spiro atoms. The van der Waals surface area contributed by atoms with Crippen LogP contribution in [0.5, 0.6) is 0 Å². The molecule has 9 heteroatoms. The van der Waals surface area contributed by atoms with Crippen LogP contribution < -0.4 is 10.6 Å². The van der Waals surface area contributed by atoms with Crippen LogP contribution in [0.4, 0.5) is 5.69 Å². The minimum atomic E-state index is -0.623. The van der Waals surface area contributed by atoms with Gasteiger partial charge in [0.25, 0.3) is 5.91 Å². The molecule has 1 aromatic heterocycles. The van der Waals surface area contributed by atoms with Gasteiger partial charge in [0, 0.05) is 43.8 Å². The predicted octanol–water partition coefficient (Wildman–Crippen LogP) is 3.86. The van der Waals surface area contributed by atoms with Crippen LogP contribution in [0.3, 0.4) is 0 Å². The standard InChI is InChI=1S/C27H30N6O3/c1-18-13-21-15-22(10-11-24(21)36-18)30-27(29-17-28)31-23-9-4-5-12-33(26(23)35)16-19-7-6-8-20(14-19)25(34)32(2)3/h6-8,10-11,13-15,23H,4-5,9,12,16H2,1-3H3,(H2,29,30,31). The zero-order chi connectivity index (χ0) is 25.7. The smallest absolute Gasteiger partial charge is 0.253 e. The zero-order valence-electron chi connectivity index (χ0n) is 20.7. The number of likely N-dealkylation sites (tertiary alicyclic amines) is 1. The number of guanidine groups is 1. The Bertz CT molecular complexity index is 1340. The highest BCUT2D eigenvalue weighted by atomic mass is 16.3. The van der Waals surface area contributed by atoms with Crippen molar-refractivity contribution in [2.45, 2.75) is 38.8 Å². The van der Waals surface area contributed by atoms with E-state index in [1.54, 1.807) is 25.1 Å². The summed E-state index contributed by atoms with van der Waals surface area (Å²) in [5.41, 5.74) is 2.97. The molecule has 186 valence electrons. The summed E-state index contributed by atoms with van der Waals surface area (Å²) in [6.07, 6.45) is 4.20. The van der Waals surface area contributed by atoms with E-state index in [0.717, 1.165) is 40.8 Å². The molecule has 0 aliphatic carbocycles. The highest BCUT2D eigenvalue weighted by molar-refractivity contribution is 5.98. The first-order chi connectivity index (χ1) is 17.3. The molecule has 0 bridgehead atoms. The second-order valence-corrected chi connectivity index (χ2v) is 9.12. The monoisotopic (exact) mass is 486 g/mol. The van der Waals surface area contributed by atoms with Gasteiger partial charge >= 0.3 is 0 Å². The molecule has 36 heavy (non-hydrogen) atoms. The first-order valence-corrected chi connectivity index (χ1v) is 11.9. The molecule has 2 aromatic carbocycles. The first kappa shape index (κ1) is 24.8. The van der Waals surface area contributed by atoms with Crippen LogP contribution in [-0.2, 0) is 11.3 Å². The highest BCUT2D eigenvalue weighted by Gasteiger charge is 2.27. The summed E-state index contributed by atoms with van der Waals surface area (Å²) < 4.78 is 5.62. The SMILES string of the molecule is Cc1cc2cc(NC(=NC3CCCCN(Cc4cccc(C(=O)N(C)C)c4)C3=O)NC#N)ccc2o1. The van der Waals surface area contributed by atoms with E-state index in [9.17, 15) is 14.9 Å². The Labute approximate surface area is 210 Å². The largest absolute Gasteiger partial charge is 0.461 e. The molecule has 1 saturated heterocycles. The van der Waals surface area contributed by atoms with Gasteiger partial charge in [-0.15, -0.1) is 0 Å². The molecule has 1 aliphatic heterocycles. The van der Waals surface area contributed by atoms with Gasteiger partial charge in [-0.05, 0) is 68.1 Å². The Morgan fingerprint density at radius 3 is 2.83 bits per heavy atom. The van der Waals surface area contributed by atoms with E-state index in [1.165, 1.54) is 4.90 Å². The Morgan fingerprint density at radius 1 is 1.22 bits per heavy atom. The number of carbonyl (C=O) groups excluding carboxylic acids is 2. The van der Waals surface area contributed by atoms with Crippen molar-refractivity contribution in [2.24, 2.45) is 4.99 Å². The summed E-state index contributed by atoms with van der Waals surface area (Å²) in [7, 11) is 3.43. The van der Waals surface area contributed by atoms with Gasteiger partial charge in [0.2, 0.25) is 11.9 Å². The number of furan rings is 1. The third kappa shape index (κ3) is 5.84. The molecular weight excluding hydrogens is 456 g/mol. The second-order valence-electron chi connectivity index (χ2n) is 9.12. The Kier molecular flexibility index (Phi) is 7.54. The minimum Gasteiger partial charge on any atom is -0.461 e. The molecule has 9 nitrogen and oxygen atoms in total. The fourth-order valence-electron chi connectivity index (χ4n) is 4.34. The third-order valence-electron chi connectivity index (χ3n) is 6.07. The fraction of sp³-hybridized carbons (Fsp3) is 0.333. The number of rotatable bonds is 5. The topological polar surface area (TPSA) is 114 Å². The minimum absolute atomic E-state index is 0.0800. The number of carbonyl (C=O) groups is 2. The normalized spacial score (nSPS) is 16.4.